The maximum absolute atomic E-state index is 12.7. The normalized spacial score (nSPS) is 13.7. The summed E-state index contributed by atoms with van der Waals surface area (Å²) in [4.78, 5) is 14.9. The van der Waals surface area contributed by atoms with Crippen LogP contribution in [0.4, 0.5) is 5.69 Å². The Hall–Kier alpha value is -4.05. The second-order valence-corrected chi connectivity index (χ2v) is 15.1. The summed E-state index contributed by atoms with van der Waals surface area (Å²) in [6.45, 7) is 8.41. The summed E-state index contributed by atoms with van der Waals surface area (Å²) in [5.41, 5.74) is 4.77. The first-order chi connectivity index (χ1) is 25.4. The largest absolute Gasteiger partial charge is 0.490 e. The van der Waals surface area contributed by atoms with Gasteiger partial charge in [0, 0.05) is 68.8 Å². The number of amides is 1. The molecule has 0 bridgehead atoms. The second kappa shape index (κ2) is 20.3. The third-order valence-electron chi connectivity index (χ3n) is 9.00. The third-order valence-corrected chi connectivity index (χ3v) is 11.2. The first-order valence-corrected chi connectivity index (χ1v) is 20.3. The predicted octanol–water partition coefficient (Wildman–Crippen LogP) is 6.24. The number of aryl methyl sites for hydroxylation is 2. The van der Waals surface area contributed by atoms with Crippen molar-refractivity contribution in [3.8, 4) is 5.75 Å². The summed E-state index contributed by atoms with van der Waals surface area (Å²) < 4.78 is 31.4. The average Bonchev–Trinajstić information content (AvgIpc) is 3.15. The molecule has 0 spiro atoms. The van der Waals surface area contributed by atoms with E-state index in [9.17, 15) is 14.5 Å². The molecule has 0 saturated heterocycles. The molecule has 1 aromatic heterocycles. The Balaban J connectivity index is 0.989. The van der Waals surface area contributed by atoms with Gasteiger partial charge in [-0.25, -0.2) is 4.57 Å². The van der Waals surface area contributed by atoms with Crippen molar-refractivity contribution in [2.45, 2.75) is 52.2 Å². The number of hydrogen-bond donors (Lipinski definition) is 3. The molecule has 278 valence electrons. The first-order valence-electron chi connectivity index (χ1n) is 18.5. The van der Waals surface area contributed by atoms with Gasteiger partial charge >= 0.3 is 7.60 Å². The number of nitrogens with zero attached hydrogens (tertiary/aromatic N) is 2. The van der Waals surface area contributed by atoms with Gasteiger partial charge in [0.2, 0.25) is 5.91 Å². The number of carbonyl (C=O) groups excluding carboxylic acids is 1. The Morgan fingerprint density at radius 2 is 1.75 bits per heavy atom. The number of anilines is 1. The van der Waals surface area contributed by atoms with Gasteiger partial charge in [-0.05, 0) is 67.0 Å². The zero-order valence-corrected chi connectivity index (χ0v) is 31.4. The van der Waals surface area contributed by atoms with Gasteiger partial charge in [-0.2, -0.15) is 0 Å². The lowest BCUT2D eigenvalue weighted by Crippen LogP contribution is -2.38. The smallest absolute Gasteiger partial charge is 0.330 e. The first kappa shape index (κ1) is 39.2. The average molecular weight is 730 g/mol. The molecule has 11 heteroatoms. The van der Waals surface area contributed by atoms with E-state index in [-0.39, 0.29) is 12.5 Å². The molecule has 3 aromatic carbocycles. The number of pyridine rings is 1. The van der Waals surface area contributed by atoms with E-state index in [0.717, 1.165) is 53.6 Å². The molecular formula is C41H54N4O6P+. The van der Waals surface area contributed by atoms with Gasteiger partial charge in [-0.3, -0.25) is 9.36 Å². The topological polar surface area (TPSA) is 113 Å². The van der Waals surface area contributed by atoms with Crippen molar-refractivity contribution in [3.63, 3.8) is 0 Å². The lowest BCUT2D eigenvalue weighted by Gasteiger charge is -2.31. The molecule has 10 nitrogen and oxygen atoms in total. The molecule has 1 aliphatic rings. The highest BCUT2D eigenvalue weighted by Crippen LogP contribution is 2.48. The molecule has 0 radical (unpaired) electrons. The van der Waals surface area contributed by atoms with Crippen LogP contribution < -0.4 is 24.8 Å². The van der Waals surface area contributed by atoms with Gasteiger partial charge in [0.1, 0.15) is 25.0 Å². The molecule has 5 rings (SSSR count). The van der Waals surface area contributed by atoms with Gasteiger partial charge in [0.05, 0.1) is 19.4 Å². The molecule has 1 aliphatic heterocycles. The lowest BCUT2D eigenvalue weighted by molar-refractivity contribution is -0.696. The summed E-state index contributed by atoms with van der Waals surface area (Å²) >= 11 is 0. The highest BCUT2D eigenvalue weighted by molar-refractivity contribution is 7.53. The lowest BCUT2D eigenvalue weighted by atomic mass is 9.98. The van der Waals surface area contributed by atoms with Crippen molar-refractivity contribution in [1.82, 2.24) is 10.6 Å². The Bertz CT molecular complexity index is 1780. The minimum Gasteiger partial charge on any atom is -0.490 e. The van der Waals surface area contributed by atoms with Crippen LogP contribution in [0.3, 0.4) is 0 Å². The Kier molecular flexibility index (Phi) is 15.3. The number of fused-ring (bicyclic) bond motifs is 2. The monoisotopic (exact) mass is 729 g/mol. The molecule has 0 saturated carbocycles. The van der Waals surface area contributed by atoms with Crippen LogP contribution in [0.2, 0.25) is 0 Å². The number of aliphatic hydroxyl groups is 1. The number of hydrogen-bond acceptors (Lipinski definition) is 8. The summed E-state index contributed by atoms with van der Waals surface area (Å²) in [7, 11) is -3.01. The van der Waals surface area contributed by atoms with Crippen molar-refractivity contribution < 1.29 is 32.8 Å². The van der Waals surface area contributed by atoms with Crippen molar-refractivity contribution in [2.24, 2.45) is 0 Å². The Labute approximate surface area is 308 Å². The van der Waals surface area contributed by atoms with Crippen molar-refractivity contribution in [2.75, 3.05) is 63.6 Å². The Morgan fingerprint density at radius 3 is 2.56 bits per heavy atom. The highest BCUT2D eigenvalue weighted by atomic mass is 31.2. The number of nitrogens with one attached hydrogen (secondary N) is 2. The van der Waals surface area contributed by atoms with E-state index in [4.69, 9.17) is 13.8 Å². The molecule has 52 heavy (non-hydrogen) atoms. The predicted molar refractivity (Wildman–Crippen MR) is 209 cm³/mol. The quantitative estimate of drug-likeness (QED) is 0.0525. The van der Waals surface area contributed by atoms with Crippen LogP contribution in [0.1, 0.15) is 49.8 Å². The second-order valence-electron chi connectivity index (χ2n) is 13.0. The van der Waals surface area contributed by atoms with Gasteiger partial charge < -0.3 is 34.4 Å². The number of benzene rings is 3. The maximum Gasteiger partial charge on any atom is 0.330 e. The van der Waals surface area contributed by atoms with E-state index in [2.05, 4.69) is 62.6 Å². The fraction of sp³-hybridized carbons (Fsp3) is 0.415. The molecule has 1 atom stereocenters. The summed E-state index contributed by atoms with van der Waals surface area (Å²) in [6.07, 6.45) is 11.3. The van der Waals surface area contributed by atoms with E-state index in [1.54, 1.807) is 0 Å². The zero-order chi connectivity index (χ0) is 36.6. The third kappa shape index (κ3) is 12.0. The van der Waals surface area contributed by atoms with Gasteiger partial charge in [-0.15, -0.1) is 0 Å². The standard InChI is InChI=1S/C41H53N4O6P/c1-3-50-52(48,51-4-2)29-9-24-44-26-19-33(20-27-44)15-16-34-17-18-39-36(30-34)12-8-25-45(39)28-21-41(47)43-23-22-42-31-37(46)32-49-40-14-7-11-35-10-5-6-13-38(35)40/h5-7,10-11,13-20,26-27,30,37,42,46H,3-4,8-9,12,21-25,28-29,31-32H2,1-2H3/p+1. The van der Waals surface area contributed by atoms with Crippen LogP contribution >= 0.6 is 7.60 Å². The Morgan fingerprint density at radius 1 is 0.981 bits per heavy atom. The molecule has 0 aliphatic carbocycles. The molecule has 3 N–H and O–H groups in total. The van der Waals surface area contributed by atoms with E-state index in [1.165, 1.54) is 11.3 Å². The minimum absolute atomic E-state index is 0.0218. The number of aromatic nitrogens is 1. The number of aliphatic hydroxyl groups excluding tert-OH is 1. The van der Waals surface area contributed by atoms with E-state index in [1.807, 2.05) is 68.7 Å². The summed E-state index contributed by atoms with van der Waals surface area (Å²) in [5.74, 6) is 0.781. The van der Waals surface area contributed by atoms with Crippen LogP contribution in [-0.4, -0.2) is 75.8 Å². The SMILES string of the molecule is CCOP(=O)(CCC[n+]1ccc(C=Cc2ccc3c(c2)CCCN3CCC(=O)NCCNCC(O)COc2cccc3ccccc23)cc1)OCC. The molecule has 2 heterocycles. The van der Waals surface area contributed by atoms with Gasteiger partial charge in [-0.1, -0.05) is 54.6 Å². The fourth-order valence-electron chi connectivity index (χ4n) is 6.41. The van der Waals surface area contributed by atoms with Crippen LogP contribution in [0.25, 0.3) is 22.9 Å². The number of rotatable bonds is 21. The molecule has 1 unspecified atom stereocenters. The van der Waals surface area contributed by atoms with E-state index >= 15 is 0 Å². The van der Waals surface area contributed by atoms with Crippen molar-refractivity contribution >= 4 is 42.1 Å². The van der Waals surface area contributed by atoms with Crippen LogP contribution in [0.5, 0.6) is 5.75 Å². The highest BCUT2D eigenvalue weighted by Gasteiger charge is 2.23. The maximum atomic E-state index is 12.7. The van der Waals surface area contributed by atoms with Crippen LogP contribution in [0.15, 0.2) is 85.2 Å². The molecule has 0 fully saturated rings. The van der Waals surface area contributed by atoms with E-state index < -0.39 is 13.7 Å². The molecule has 4 aromatic rings. The minimum atomic E-state index is -3.01. The number of ether oxygens (including phenoxy) is 1. The molecular weight excluding hydrogens is 675 g/mol. The number of carbonyl (C=O) groups is 1. The van der Waals surface area contributed by atoms with Crippen molar-refractivity contribution in [3.05, 3.63) is 102 Å². The van der Waals surface area contributed by atoms with Crippen LogP contribution in [-0.2, 0) is 31.4 Å². The summed E-state index contributed by atoms with van der Waals surface area (Å²) in [5, 5.41) is 18.7. The van der Waals surface area contributed by atoms with Crippen LogP contribution in [0, 0.1) is 0 Å². The van der Waals surface area contributed by atoms with Gasteiger partial charge in [0.25, 0.3) is 0 Å². The zero-order valence-electron chi connectivity index (χ0n) is 30.5. The van der Waals surface area contributed by atoms with Gasteiger partial charge in [0.15, 0.2) is 12.4 Å². The fourth-order valence-corrected chi connectivity index (χ4v) is 8.06. The van der Waals surface area contributed by atoms with Crippen molar-refractivity contribution in [1.29, 1.82) is 0 Å². The van der Waals surface area contributed by atoms with E-state index in [0.29, 0.717) is 58.4 Å². The molecule has 1 amide bonds. The summed E-state index contributed by atoms with van der Waals surface area (Å²) in [6, 6.07) is 24.6.